The van der Waals surface area contributed by atoms with Gasteiger partial charge in [-0.15, -0.1) is 0 Å². The van der Waals surface area contributed by atoms with Gasteiger partial charge in [-0.05, 0) is 11.6 Å². The smallest absolute Gasteiger partial charge is 0.0948 e. The second-order valence-corrected chi connectivity index (χ2v) is 4.85. The van der Waals surface area contributed by atoms with Crippen molar-refractivity contribution in [1.82, 2.24) is 4.90 Å². The number of morpholine rings is 1. The normalized spacial score (nSPS) is 18.9. The lowest BCUT2D eigenvalue weighted by Crippen LogP contribution is -2.43. The third-order valence-corrected chi connectivity index (χ3v) is 3.45. The Hall–Kier alpha value is -0.680. The molecule has 0 radical (unpaired) electrons. The lowest BCUT2D eigenvalue weighted by molar-refractivity contribution is 0.0289. The van der Waals surface area contributed by atoms with Gasteiger partial charge >= 0.3 is 0 Å². The number of hydrogen-bond donors (Lipinski definition) is 1. The first-order valence-corrected chi connectivity index (χ1v) is 6.34. The summed E-state index contributed by atoms with van der Waals surface area (Å²) in [7, 11) is 0. The van der Waals surface area contributed by atoms with Gasteiger partial charge in [0, 0.05) is 18.1 Å². The molecule has 0 bridgehead atoms. The summed E-state index contributed by atoms with van der Waals surface area (Å²) < 4.78 is 5.34. The zero-order valence-corrected chi connectivity index (χ0v) is 11.0. The van der Waals surface area contributed by atoms with E-state index < -0.39 is 0 Å². The molecule has 0 saturated carbocycles. The van der Waals surface area contributed by atoms with Crippen LogP contribution in [0.5, 0.6) is 0 Å². The zero-order chi connectivity index (χ0) is 12.3. The minimum atomic E-state index is -0.0948. The van der Waals surface area contributed by atoms with E-state index in [9.17, 15) is 0 Å². The van der Waals surface area contributed by atoms with Crippen molar-refractivity contribution in [3.05, 3.63) is 34.9 Å². The molecule has 1 aromatic carbocycles. The van der Waals surface area contributed by atoms with Gasteiger partial charge in [-0.2, -0.15) is 0 Å². The van der Waals surface area contributed by atoms with Gasteiger partial charge in [-0.3, -0.25) is 4.90 Å². The number of hydrogen-bond acceptors (Lipinski definition) is 3. The third kappa shape index (κ3) is 2.96. The van der Waals surface area contributed by atoms with Gasteiger partial charge in [-0.25, -0.2) is 0 Å². The maximum Gasteiger partial charge on any atom is 0.0948 e. The van der Waals surface area contributed by atoms with Crippen LogP contribution in [0.4, 0.5) is 0 Å². The molecule has 0 amide bonds. The van der Waals surface area contributed by atoms with Crippen LogP contribution < -0.4 is 5.73 Å². The second-order valence-electron chi connectivity index (χ2n) is 3.97. The van der Waals surface area contributed by atoms with Gasteiger partial charge in [0.2, 0.25) is 0 Å². The molecular formula is C12H15ClN2OS. The van der Waals surface area contributed by atoms with Crippen LogP contribution in [0.2, 0.25) is 5.02 Å². The highest BCUT2D eigenvalue weighted by molar-refractivity contribution is 7.80. The van der Waals surface area contributed by atoms with Crippen LogP contribution in [0.15, 0.2) is 24.3 Å². The van der Waals surface area contributed by atoms with Crippen LogP contribution in [0.25, 0.3) is 0 Å². The Bertz CT molecular complexity index is 407. The van der Waals surface area contributed by atoms with Crippen molar-refractivity contribution >= 4 is 28.8 Å². The zero-order valence-electron chi connectivity index (χ0n) is 9.43. The summed E-state index contributed by atoms with van der Waals surface area (Å²) in [5, 5.41) is 0.705. The monoisotopic (exact) mass is 270 g/mol. The average Bonchev–Trinajstić information content (AvgIpc) is 2.33. The summed E-state index contributed by atoms with van der Waals surface area (Å²) in [4.78, 5) is 2.67. The summed E-state index contributed by atoms with van der Waals surface area (Å²) in [6.07, 6.45) is 0. The van der Waals surface area contributed by atoms with Gasteiger partial charge in [0.15, 0.2) is 0 Å². The van der Waals surface area contributed by atoms with Crippen molar-refractivity contribution in [3.63, 3.8) is 0 Å². The third-order valence-electron chi connectivity index (χ3n) is 2.88. The number of nitrogens with zero attached hydrogens (tertiary/aromatic N) is 1. The molecule has 1 unspecified atom stereocenters. The van der Waals surface area contributed by atoms with E-state index in [1.807, 2.05) is 24.3 Å². The van der Waals surface area contributed by atoms with E-state index in [0.717, 1.165) is 18.7 Å². The van der Waals surface area contributed by atoms with Crippen LogP contribution in [0.1, 0.15) is 11.6 Å². The predicted octanol–water partition coefficient (Wildman–Crippen LogP) is 2.00. The van der Waals surface area contributed by atoms with Gasteiger partial charge in [0.05, 0.1) is 24.2 Å². The molecule has 0 aromatic heterocycles. The molecule has 2 N–H and O–H groups in total. The molecule has 0 spiro atoms. The lowest BCUT2D eigenvalue weighted by atomic mass is 10.0. The molecule has 1 saturated heterocycles. The van der Waals surface area contributed by atoms with E-state index in [4.69, 9.17) is 34.3 Å². The van der Waals surface area contributed by atoms with Crippen molar-refractivity contribution in [2.45, 2.75) is 6.04 Å². The average molecular weight is 271 g/mol. The van der Waals surface area contributed by atoms with E-state index in [1.54, 1.807) is 0 Å². The molecule has 92 valence electrons. The van der Waals surface area contributed by atoms with Gasteiger partial charge in [-0.1, -0.05) is 42.0 Å². The Balaban J connectivity index is 2.28. The maximum atomic E-state index is 6.21. The van der Waals surface area contributed by atoms with Crippen LogP contribution in [-0.4, -0.2) is 36.2 Å². The van der Waals surface area contributed by atoms with E-state index in [0.29, 0.717) is 23.2 Å². The summed E-state index contributed by atoms with van der Waals surface area (Å²) in [6.45, 7) is 3.08. The van der Waals surface area contributed by atoms with Crippen molar-refractivity contribution in [2.75, 3.05) is 26.3 Å². The molecule has 1 heterocycles. The molecule has 0 aliphatic carbocycles. The second kappa shape index (κ2) is 5.78. The van der Waals surface area contributed by atoms with Crippen LogP contribution in [0.3, 0.4) is 0 Å². The van der Waals surface area contributed by atoms with Gasteiger partial charge in [0.1, 0.15) is 0 Å². The Morgan fingerprint density at radius 1 is 1.35 bits per heavy atom. The van der Waals surface area contributed by atoms with Crippen LogP contribution in [-0.2, 0) is 4.74 Å². The molecule has 17 heavy (non-hydrogen) atoms. The predicted molar refractivity (Wildman–Crippen MR) is 73.4 cm³/mol. The fourth-order valence-electron chi connectivity index (χ4n) is 2.06. The Morgan fingerprint density at radius 2 is 2.00 bits per heavy atom. The first kappa shape index (κ1) is 12.8. The minimum Gasteiger partial charge on any atom is -0.392 e. The van der Waals surface area contributed by atoms with Gasteiger partial charge in [0.25, 0.3) is 0 Å². The maximum absolute atomic E-state index is 6.21. The minimum absolute atomic E-state index is 0.0948. The van der Waals surface area contributed by atoms with E-state index in [2.05, 4.69) is 4.90 Å². The first-order valence-electron chi connectivity index (χ1n) is 5.55. The summed E-state index contributed by atoms with van der Waals surface area (Å²) in [5.41, 5.74) is 6.83. The number of nitrogens with two attached hydrogens (primary N) is 1. The summed E-state index contributed by atoms with van der Waals surface area (Å²) in [6, 6.07) is 7.60. The standard InChI is InChI=1S/C12H15ClN2OS/c13-10-4-2-1-3-9(10)11(12(14)17)15-5-7-16-8-6-15/h1-4,11H,5-8H2,(H2,14,17). The molecule has 3 nitrogen and oxygen atoms in total. The molecule has 1 fully saturated rings. The molecule has 2 rings (SSSR count). The molecule has 1 aromatic rings. The number of halogens is 1. The van der Waals surface area contributed by atoms with Crippen LogP contribution >= 0.6 is 23.8 Å². The van der Waals surface area contributed by atoms with E-state index >= 15 is 0 Å². The SMILES string of the molecule is NC(=S)C(c1ccccc1Cl)N1CCOCC1. The number of ether oxygens (including phenoxy) is 1. The summed E-state index contributed by atoms with van der Waals surface area (Å²) in [5.74, 6) is 0. The fourth-order valence-corrected chi connectivity index (χ4v) is 2.58. The van der Waals surface area contributed by atoms with E-state index in [1.165, 1.54) is 0 Å². The molecular weight excluding hydrogens is 256 g/mol. The molecule has 5 heteroatoms. The highest BCUT2D eigenvalue weighted by Gasteiger charge is 2.26. The van der Waals surface area contributed by atoms with Crippen LogP contribution in [0, 0.1) is 0 Å². The Morgan fingerprint density at radius 3 is 2.59 bits per heavy atom. The van der Waals surface area contributed by atoms with Gasteiger partial charge < -0.3 is 10.5 Å². The molecule has 1 aliphatic heterocycles. The fraction of sp³-hybridized carbons (Fsp3) is 0.417. The van der Waals surface area contributed by atoms with Crippen molar-refractivity contribution in [3.8, 4) is 0 Å². The van der Waals surface area contributed by atoms with Crippen molar-refractivity contribution in [1.29, 1.82) is 0 Å². The van der Waals surface area contributed by atoms with Crippen molar-refractivity contribution < 1.29 is 4.74 Å². The molecule has 1 atom stereocenters. The van der Waals surface area contributed by atoms with E-state index in [-0.39, 0.29) is 6.04 Å². The highest BCUT2D eigenvalue weighted by Crippen LogP contribution is 2.28. The first-order chi connectivity index (χ1) is 8.20. The number of benzene rings is 1. The quantitative estimate of drug-likeness (QED) is 0.853. The highest BCUT2D eigenvalue weighted by atomic mass is 35.5. The Kier molecular flexibility index (Phi) is 4.34. The molecule has 1 aliphatic rings. The lowest BCUT2D eigenvalue weighted by Gasteiger charge is -2.34. The topological polar surface area (TPSA) is 38.5 Å². The van der Waals surface area contributed by atoms with Crippen molar-refractivity contribution in [2.24, 2.45) is 5.73 Å². The summed E-state index contributed by atoms with van der Waals surface area (Å²) >= 11 is 11.4. The Labute approximate surface area is 111 Å². The number of thiocarbonyl (C=S) groups is 1. The number of rotatable bonds is 3. The largest absolute Gasteiger partial charge is 0.392 e.